The second-order valence-electron chi connectivity index (χ2n) is 3.43. The van der Waals surface area contributed by atoms with E-state index in [-0.39, 0.29) is 6.04 Å². The molecule has 1 heterocycles. The lowest BCUT2D eigenvalue weighted by atomic mass is 10.0. The quantitative estimate of drug-likeness (QED) is 0.579. The van der Waals surface area contributed by atoms with E-state index in [0.29, 0.717) is 6.42 Å². The van der Waals surface area contributed by atoms with Gasteiger partial charge in [0, 0.05) is 6.42 Å². The summed E-state index contributed by atoms with van der Waals surface area (Å²) in [5.41, 5.74) is 0.988. The Kier molecular flexibility index (Phi) is 3.31. The molecular formula is C13H11NO2. The molecule has 0 N–H and O–H groups in total. The highest BCUT2D eigenvalue weighted by Crippen LogP contribution is 2.21. The maximum Gasteiger partial charge on any atom is 0.235 e. The summed E-state index contributed by atoms with van der Waals surface area (Å²) in [6.45, 7) is 0. The molecule has 0 bridgehead atoms. The molecule has 0 aliphatic carbocycles. The minimum Gasteiger partial charge on any atom is -0.469 e. The predicted molar refractivity (Wildman–Crippen MR) is 59.7 cm³/mol. The smallest absolute Gasteiger partial charge is 0.235 e. The highest BCUT2D eigenvalue weighted by atomic mass is 16.3. The van der Waals surface area contributed by atoms with E-state index < -0.39 is 0 Å². The fourth-order valence-electron chi connectivity index (χ4n) is 1.60. The van der Waals surface area contributed by atoms with Gasteiger partial charge in [-0.3, -0.25) is 0 Å². The van der Waals surface area contributed by atoms with Crippen molar-refractivity contribution in [3.63, 3.8) is 0 Å². The number of hydrogen-bond acceptors (Lipinski definition) is 3. The summed E-state index contributed by atoms with van der Waals surface area (Å²) < 4.78 is 5.24. The van der Waals surface area contributed by atoms with Gasteiger partial charge in [-0.25, -0.2) is 4.79 Å². The molecule has 1 aromatic heterocycles. The Labute approximate surface area is 93.4 Å². The van der Waals surface area contributed by atoms with Crippen LogP contribution >= 0.6 is 0 Å². The van der Waals surface area contributed by atoms with Gasteiger partial charge in [-0.2, -0.15) is 4.99 Å². The van der Waals surface area contributed by atoms with Crippen LogP contribution in [-0.2, 0) is 11.2 Å². The van der Waals surface area contributed by atoms with Crippen LogP contribution in [0.25, 0.3) is 0 Å². The molecular weight excluding hydrogens is 202 g/mol. The molecule has 0 spiro atoms. The minimum atomic E-state index is -0.218. The standard InChI is InChI=1S/C13H11NO2/c15-10-14-13(9-12-7-4-8-16-12)11-5-2-1-3-6-11/h1-8,13H,9H2. The lowest BCUT2D eigenvalue weighted by molar-refractivity contribution is 0.487. The van der Waals surface area contributed by atoms with Crippen molar-refractivity contribution >= 4 is 6.08 Å². The van der Waals surface area contributed by atoms with Crippen LogP contribution in [-0.4, -0.2) is 6.08 Å². The number of carbonyl (C=O) groups excluding carboxylic acids is 1. The molecule has 3 heteroatoms. The second kappa shape index (κ2) is 5.10. The molecule has 0 saturated heterocycles. The fraction of sp³-hybridized carbons (Fsp3) is 0.154. The van der Waals surface area contributed by atoms with Crippen LogP contribution in [0.5, 0.6) is 0 Å². The van der Waals surface area contributed by atoms with Crippen LogP contribution in [0.1, 0.15) is 17.4 Å². The van der Waals surface area contributed by atoms with E-state index in [1.807, 2.05) is 42.5 Å². The summed E-state index contributed by atoms with van der Waals surface area (Å²) in [4.78, 5) is 14.2. The molecule has 80 valence electrons. The lowest BCUT2D eigenvalue weighted by Crippen LogP contribution is -1.98. The predicted octanol–water partition coefficient (Wildman–Crippen LogP) is 2.90. The van der Waals surface area contributed by atoms with Gasteiger partial charge >= 0.3 is 0 Å². The third-order valence-electron chi connectivity index (χ3n) is 2.37. The molecule has 2 aromatic rings. The van der Waals surface area contributed by atoms with Crippen molar-refractivity contribution in [2.75, 3.05) is 0 Å². The number of isocyanates is 1. The van der Waals surface area contributed by atoms with Gasteiger partial charge < -0.3 is 4.42 Å². The molecule has 1 atom stereocenters. The summed E-state index contributed by atoms with van der Waals surface area (Å²) in [6.07, 6.45) is 3.80. The normalized spacial score (nSPS) is 11.8. The number of hydrogen-bond donors (Lipinski definition) is 0. The molecule has 0 saturated carbocycles. The van der Waals surface area contributed by atoms with Gasteiger partial charge in [0.1, 0.15) is 5.76 Å². The van der Waals surface area contributed by atoms with Crippen LogP contribution in [0.15, 0.2) is 58.1 Å². The van der Waals surface area contributed by atoms with Crippen LogP contribution < -0.4 is 0 Å². The topological polar surface area (TPSA) is 42.6 Å². The third kappa shape index (κ3) is 2.47. The first-order chi connectivity index (χ1) is 7.90. The Balaban J connectivity index is 2.21. The highest BCUT2D eigenvalue weighted by molar-refractivity contribution is 5.36. The Hall–Kier alpha value is -2.12. The molecule has 16 heavy (non-hydrogen) atoms. The van der Waals surface area contributed by atoms with Crippen LogP contribution in [0.3, 0.4) is 0 Å². The molecule has 0 aliphatic rings. The average Bonchev–Trinajstić information content (AvgIpc) is 2.83. The summed E-state index contributed by atoms with van der Waals surface area (Å²) in [5.74, 6) is 0.813. The van der Waals surface area contributed by atoms with Crippen LogP contribution in [0, 0.1) is 0 Å². The largest absolute Gasteiger partial charge is 0.469 e. The fourth-order valence-corrected chi connectivity index (χ4v) is 1.60. The van der Waals surface area contributed by atoms with E-state index in [9.17, 15) is 4.79 Å². The zero-order chi connectivity index (χ0) is 11.2. The Bertz CT molecular complexity index is 470. The number of aliphatic imine (C=N–C) groups is 1. The van der Waals surface area contributed by atoms with Crippen molar-refractivity contribution in [1.82, 2.24) is 0 Å². The van der Waals surface area contributed by atoms with Crippen molar-refractivity contribution in [1.29, 1.82) is 0 Å². The second-order valence-corrected chi connectivity index (χ2v) is 3.43. The van der Waals surface area contributed by atoms with Gasteiger partial charge in [-0.05, 0) is 17.7 Å². The van der Waals surface area contributed by atoms with Gasteiger partial charge in [0.2, 0.25) is 6.08 Å². The van der Waals surface area contributed by atoms with E-state index in [1.165, 1.54) is 0 Å². The zero-order valence-electron chi connectivity index (χ0n) is 8.67. The molecule has 2 rings (SSSR count). The van der Waals surface area contributed by atoms with Gasteiger partial charge in [-0.1, -0.05) is 30.3 Å². The Morgan fingerprint density at radius 2 is 2.00 bits per heavy atom. The summed E-state index contributed by atoms with van der Waals surface area (Å²) >= 11 is 0. The number of furan rings is 1. The number of nitrogens with zero attached hydrogens (tertiary/aromatic N) is 1. The van der Waals surface area contributed by atoms with E-state index in [4.69, 9.17) is 4.42 Å². The van der Waals surface area contributed by atoms with E-state index in [2.05, 4.69) is 4.99 Å². The lowest BCUT2D eigenvalue weighted by Gasteiger charge is -2.08. The van der Waals surface area contributed by atoms with Crippen molar-refractivity contribution in [2.45, 2.75) is 12.5 Å². The van der Waals surface area contributed by atoms with Crippen molar-refractivity contribution in [2.24, 2.45) is 4.99 Å². The molecule has 0 aliphatic heterocycles. The first-order valence-corrected chi connectivity index (χ1v) is 5.04. The average molecular weight is 213 g/mol. The minimum absolute atomic E-state index is 0.218. The van der Waals surface area contributed by atoms with Gasteiger partial charge in [0.15, 0.2) is 0 Å². The first-order valence-electron chi connectivity index (χ1n) is 5.04. The van der Waals surface area contributed by atoms with E-state index in [1.54, 1.807) is 12.3 Å². The van der Waals surface area contributed by atoms with Gasteiger partial charge in [0.25, 0.3) is 0 Å². The molecule has 3 nitrogen and oxygen atoms in total. The van der Waals surface area contributed by atoms with E-state index in [0.717, 1.165) is 11.3 Å². The summed E-state index contributed by atoms with van der Waals surface area (Å²) in [5, 5.41) is 0. The molecule has 0 radical (unpaired) electrons. The third-order valence-corrected chi connectivity index (χ3v) is 2.37. The van der Waals surface area contributed by atoms with E-state index >= 15 is 0 Å². The van der Waals surface area contributed by atoms with Crippen molar-refractivity contribution in [3.05, 3.63) is 60.1 Å². The number of benzene rings is 1. The highest BCUT2D eigenvalue weighted by Gasteiger charge is 2.12. The van der Waals surface area contributed by atoms with Gasteiger partial charge in [-0.15, -0.1) is 0 Å². The van der Waals surface area contributed by atoms with Crippen LogP contribution in [0.2, 0.25) is 0 Å². The zero-order valence-corrected chi connectivity index (χ0v) is 8.67. The number of rotatable bonds is 4. The molecule has 0 amide bonds. The van der Waals surface area contributed by atoms with Crippen molar-refractivity contribution < 1.29 is 9.21 Å². The Morgan fingerprint density at radius 3 is 2.62 bits per heavy atom. The summed E-state index contributed by atoms with van der Waals surface area (Å²) in [6, 6.07) is 13.1. The molecule has 1 unspecified atom stereocenters. The van der Waals surface area contributed by atoms with Crippen LogP contribution in [0.4, 0.5) is 0 Å². The Morgan fingerprint density at radius 1 is 1.19 bits per heavy atom. The molecule has 0 fully saturated rings. The molecule has 1 aromatic carbocycles. The summed E-state index contributed by atoms with van der Waals surface area (Å²) in [7, 11) is 0. The SMILES string of the molecule is O=C=NC(Cc1ccco1)c1ccccc1. The first kappa shape index (κ1) is 10.4. The maximum absolute atomic E-state index is 10.4. The monoisotopic (exact) mass is 213 g/mol. The van der Waals surface area contributed by atoms with Crippen molar-refractivity contribution in [3.8, 4) is 0 Å². The van der Waals surface area contributed by atoms with Gasteiger partial charge in [0.05, 0.1) is 12.3 Å². The maximum atomic E-state index is 10.4.